The van der Waals surface area contributed by atoms with Gasteiger partial charge in [0.2, 0.25) is 0 Å². The molecule has 0 saturated heterocycles. The molecule has 1 nitrogen and oxygen atoms in total. The fourth-order valence-corrected chi connectivity index (χ4v) is 3.40. The Morgan fingerprint density at radius 2 is 1.68 bits per heavy atom. The molecule has 0 heterocycles. The Balaban J connectivity index is 2.24. The molecule has 1 unspecified atom stereocenters. The maximum Gasteiger partial charge on any atom is 0.0370 e. The maximum atomic E-state index is 3.65. The molecule has 100 valence electrons. The van der Waals surface area contributed by atoms with E-state index in [-0.39, 0.29) is 0 Å². The van der Waals surface area contributed by atoms with E-state index in [1.165, 1.54) is 18.3 Å². The molecule has 0 aromatic heterocycles. The van der Waals surface area contributed by atoms with Crippen LogP contribution in [0.1, 0.15) is 17.2 Å². The molecule has 0 aliphatic carbocycles. The van der Waals surface area contributed by atoms with Gasteiger partial charge in [0.25, 0.3) is 0 Å². The van der Waals surface area contributed by atoms with E-state index in [1.807, 2.05) is 7.05 Å². The molecule has 2 rings (SSSR count). The molecule has 0 bridgehead atoms. The van der Waals surface area contributed by atoms with Gasteiger partial charge >= 0.3 is 0 Å². The lowest BCUT2D eigenvalue weighted by atomic mass is 9.99. The lowest BCUT2D eigenvalue weighted by Crippen LogP contribution is -2.19. The third-order valence-electron chi connectivity index (χ3n) is 3.04. The number of hydrogen-bond donors (Lipinski definition) is 1. The minimum absolute atomic E-state index is 0.323. The third kappa shape index (κ3) is 4.41. The normalized spacial score (nSPS) is 12.4. The number of likely N-dealkylation sites (N-methyl/N-ethyl adjacent to an activating group) is 1. The lowest BCUT2D eigenvalue weighted by molar-refractivity contribution is 0.589. The second-order valence-electron chi connectivity index (χ2n) is 4.34. The molecule has 1 N–H and O–H groups in total. The minimum atomic E-state index is 0.323. The van der Waals surface area contributed by atoms with Crippen molar-refractivity contribution >= 4 is 61.1 Å². The predicted octanol–water partition coefficient (Wildman–Crippen LogP) is 5.16. The standard InChI is InChI=1S/C15H14BrI2N/c1-19-15(8-10-2-4-11(17)5-3-10)13-9-12(18)6-7-14(13)16/h2-7,9,15,19H,8H2,1H3. The van der Waals surface area contributed by atoms with Crippen LogP contribution >= 0.6 is 61.1 Å². The summed E-state index contributed by atoms with van der Waals surface area (Å²) in [5.41, 5.74) is 2.67. The average molecular weight is 542 g/mol. The van der Waals surface area contributed by atoms with Crippen LogP contribution in [0.15, 0.2) is 46.9 Å². The average Bonchev–Trinajstić information content (AvgIpc) is 2.41. The van der Waals surface area contributed by atoms with Gasteiger partial charge in [-0.2, -0.15) is 0 Å². The van der Waals surface area contributed by atoms with Crippen LogP contribution in [0.3, 0.4) is 0 Å². The zero-order valence-electron chi connectivity index (χ0n) is 10.5. The van der Waals surface area contributed by atoms with Gasteiger partial charge in [-0.15, -0.1) is 0 Å². The summed E-state index contributed by atoms with van der Waals surface area (Å²) in [7, 11) is 2.02. The van der Waals surface area contributed by atoms with E-state index < -0.39 is 0 Å². The summed E-state index contributed by atoms with van der Waals surface area (Å²) in [6.07, 6.45) is 0.992. The third-order valence-corrected chi connectivity index (χ3v) is 5.15. The smallest absolute Gasteiger partial charge is 0.0370 e. The summed E-state index contributed by atoms with van der Waals surface area (Å²) in [6, 6.07) is 15.5. The molecule has 0 fully saturated rings. The summed E-state index contributed by atoms with van der Waals surface area (Å²) in [5.74, 6) is 0. The van der Waals surface area contributed by atoms with Crippen LogP contribution in [0.25, 0.3) is 0 Å². The Kier molecular flexibility index (Phi) is 6.11. The Morgan fingerprint density at radius 1 is 1.05 bits per heavy atom. The summed E-state index contributed by atoms with van der Waals surface area (Å²) >= 11 is 8.35. The predicted molar refractivity (Wildman–Crippen MR) is 102 cm³/mol. The molecule has 2 aromatic carbocycles. The molecule has 4 heteroatoms. The van der Waals surface area contributed by atoms with Crippen molar-refractivity contribution < 1.29 is 0 Å². The first-order valence-electron chi connectivity index (χ1n) is 5.97. The molecule has 0 aliphatic rings. The SMILES string of the molecule is CNC(Cc1ccc(I)cc1)c1cc(I)ccc1Br. The van der Waals surface area contributed by atoms with Crippen molar-refractivity contribution in [3.63, 3.8) is 0 Å². The van der Waals surface area contributed by atoms with Crippen molar-refractivity contribution in [1.82, 2.24) is 5.32 Å². The molecule has 0 amide bonds. The molecule has 0 aliphatic heterocycles. The number of benzene rings is 2. The van der Waals surface area contributed by atoms with Crippen molar-refractivity contribution in [2.24, 2.45) is 0 Å². The van der Waals surface area contributed by atoms with Gasteiger partial charge in [-0.3, -0.25) is 0 Å². The monoisotopic (exact) mass is 541 g/mol. The van der Waals surface area contributed by atoms with Crippen LogP contribution in [0.2, 0.25) is 0 Å². The van der Waals surface area contributed by atoms with Crippen molar-refractivity contribution in [2.75, 3.05) is 7.05 Å². The first kappa shape index (κ1) is 15.7. The Hall–Kier alpha value is 0.340. The molecule has 0 saturated carbocycles. The van der Waals surface area contributed by atoms with E-state index in [0.29, 0.717) is 6.04 Å². The highest BCUT2D eigenvalue weighted by atomic mass is 127. The molecule has 0 radical (unpaired) electrons. The lowest BCUT2D eigenvalue weighted by Gasteiger charge is -2.19. The van der Waals surface area contributed by atoms with Crippen molar-refractivity contribution in [3.05, 3.63) is 65.2 Å². The minimum Gasteiger partial charge on any atom is -0.313 e. The highest BCUT2D eigenvalue weighted by molar-refractivity contribution is 14.1. The van der Waals surface area contributed by atoms with E-state index in [0.717, 1.165) is 10.9 Å². The van der Waals surface area contributed by atoms with Crippen LogP contribution in [0.4, 0.5) is 0 Å². The maximum absolute atomic E-state index is 3.65. The second kappa shape index (κ2) is 7.38. The van der Waals surface area contributed by atoms with E-state index in [1.54, 1.807) is 0 Å². The summed E-state index contributed by atoms with van der Waals surface area (Å²) < 4.78 is 3.70. The van der Waals surface area contributed by atoms with E-state index in [4.69, 9.17) is 0 Å². The fraction of sp³-hybridized carbons (Fsp3) is 0.200. The van der Waals surface area contributed by atoms with Crippen molar-refractivity contribution in [1.29, 1.82) is 0 Å². The van der Waals surface area contributed by atoms with Gasteiger partial charge in [-0.05, 0) is 100 Å². The second-order valence-corrected chi connectivity index (χ2v) is 7.68. The quantitative estimate of drug-likeness (QED) is 0.527. The molecular formula is C15H14BrI2N. The first-order chi connectivity index (χ1) is 9.10. The van der Waals surface area contributed by atoms with Gasteiger partial charge in [0, 0.05) is 17.7 Å². The fourth-order valence-electron chi connectivity index (χ4n) is 2.01. The van der Waals surface area contributed by atoms with Gasteiger partial charge in [-0.1, -0.05) is 28.1 Å². The van der Waals surface area contributed by atoms with Crippen LogP contribution in [-0.2, 0) is 6.42 Å². The summed E-state index contributed by atoms with van der Waals surface area (Å²) in [6.45, 7) is 0. The molecular weight excluding hydrogens is 528 g/mol. The van der Waals surface area contributed by atoms with Crippen LogP contribution in [-0.4, -0.2) is 7.05 Å². The summed E-state index contributed by atoms with van der Waals surface area (Å²) in [5, 5.41) is 3.41. The van der Waals surface area contributed by atoms with Gasteiger partial charge in [0.1, 0.15) is 0 Å². The largest absolute Gasteiger partial charge is 0.313 e. The first-order valence-corrected chi connectivity index (χ1v) is 8.92. The number of nitrogens with one attached hydrogen (secondary N) is 1. The Morgan fingerprint density at radius 3 is 2.32 bits per heavy atom. The van der Waals surface area contributed by atoms with Crippen LogP contribution < -0.4 is 5.32 Å². The number of rotatable bonds is 4. The van der Waals surface area contributed by atoms with Crippen LogP contribution in [0.5, 0.6) is 0 Å². The van der Waals surface area contributed by atoms with Crippen LogP contribution in [0, 0.1) is 7.14 Å². The van der Waals surface area contributed by atoms with Crippen molar-refractivity contribution in [2.45, 2.75) is 12.5 Å². The zero-order valence-corrected chi connectivity index (χ0v) is 16.4. The van der Waals surface area contributed by atoms with Gasteiger partial charge in [-0.25, -0.2) is 0 Å². The van der Waals surface area contributed by atoms with E-state index in [2.05, 4.69) is 109 Å². The van der Waals surface area contributed by atoms with Crippen molar-refractivity contribution in [3.8, 4) is 0 Å². The Labute approximate surface area is 150 Å². The topological polar surface area (TPSA) is 12.0 Å². The number of halogens is 3. The molecule has 2 aromatic rings. The molecule has 19 heavy (non-hydrogen) atoms. The van der Waals surface area contributed by atoms with Gasteiger partial charge in [0.15, 0.2) is 0 Å². The van der Waals surface area contributed by atoms with Gasteiger partial charge in [0.05, 0.1) is 0 Å². The highest BCUT2D eigenvalue weighted by Gasteiger charge is 2.13. The zero-order chi connectivity index (χ0) is 13.8. The highest BCUT2D eigenvalue weighted by Crippen LogP contribution is 2.27. The summed E-state index contributed by atoms with van der Waals surface area (Å²) in [4.78, 5) is 0. The Bertz CT molecular complexity index is 555. The van der Waals surface area contributed by atoms with Gasteiger partial charge < -0.3 is 5.32 Å². The van der Waals surface area contributed by atoms with E-state index >= 15 is 0 Å². The number of hydrogen-bond acceptors (Lipinski definition) is 1. The molecule has 1 atom stereocenters. The molecule has 0 spiro atoms. The van der Waals surface area contributed by atoms with E-state index in [9.17, 15) is 0 Å².